The maximum atomic E-state index is 12.2. The Morgan fingerprint density at radius 2 is 1.74 bits per heavy atom. The summed E-state index contributed by atoms with van der Waals surface area (Å²) in [6.07, 6.45) is 2.02. The number of carbonyl (C=O) groups excluding carboxylic acids is 2. The van der Waals surface area contributed by atoms with Crippen LogP contribution in [-0.2, 0) is 14.6 Å². The zero-order chi connectivity index (χ0) is 20.2. The maximum Gasteiger partial charge on any atom is 0.340 e. The van der Waals surface area contributed by atoms with E-state index >= 15 is 0 Å². The third-order valence-corrected chi connectivity index (χ3v) is 5.77. The molecular formula is C20H21ClO5S. The second-order valence-corrected chi connectivity index (χ2v) is 8.77. The van der Waals surface area contributed by atoms with Gasteiger partial charge in [-0.15, -0.1) is 0 Å². The van der Waals surface area contributed by atoms with E-state index in [2.05, 4.69) is 13.8 Å². The van der Waals surface area contributed by atoms with E-state index < -0.39 is 22.4 Å². The van der Waals surface area contributed by atoms with Crippen LogP contribution in [0.2, 0.25) is 5.02 Å². The summed E-state index contributed by atoms with van der Waals surface area (Å²) in [6, 6.07) is 10.9. The molecule has 7 heteroatoms. The first-order valence-corrected chi connectivity index (χ1v) is 10.7. The molecule has 0 fully saturated rings. The molecule has 0 unspecified atom stereocenters. The Hall–Kier alpha value is -2.18. The third-order valence-electron chi connectivity index (χ3n) is 4.33. The summed E-state index contributed by atoms with van der Waals surface area (Å²) in [5, 5.41) is 0.0535. The standard InChI is InChI=1S/C20H21ClO5S/c1-4-13(2)14-5-7-15(8-6-14)19(22)12-26-20(23)17-11-16(27(3,24)25)9-10-18(17)21/h5-11,13H,4,12H2,1-3H3/t13-/m1/s1. The molecule has 0 amide bonds. The van der Waals surface area contributed by atoms with Crippen LogP contribution >= 0.6 is 11.6 Å². The number of benzene rings is 2. The SMILES string of the molecule is CC[C@@H](C)c1ccc(C(=O)COC(=O)c2cc(S(C)(=O)=O)ccc2Cl)cc1. The Kier molecular flexibility index (Phi) is 6.78. The van der Waals surface area contributed by atoms with Crippen LogP contribution < -0.4 is 0 Å². The van der Waals surface area contributed by atoms with Gasteiger partial charge < -0.3 is 4.74 Å². The normalized spacial score (nSPS) is 12.4. The van der Waals surface area contributed by atoms with E-state index in [1.165, 1.54) is 12.1 Å². The lowest BCUT2D eigenvalue weighted by Gasteiger charge is -2.10. The number of Topliss-reactive ketones (excluding diaryl/α,β-unsaturated/α-hetero) is 1. The zero-order valence-electron chi connectivity index (χ0n) is 15.4. The summed E-state index contributed by atoms with van der Waals surface area (Å²) in [5.41, 5.74) is 1.47. The Labute approximate surface area is 164 Å². The number of ether oxygens (including phenoxy) is 1. The number of esters is 1. The molecule has 0 aliphatic heterocycles. The van der Waals surface area contributed by atoms with Crippen LogP contribution in [-0.4, -0.2) is 33.0 Å². The molecule has 2 aromatic rings. The van der Waals surface area contributed by atoms with E-state index in [4.69, 9.17) is 16.3 Å². The number of sulfone groups is 1. The molecule has 0 aromatic heterocycles. The van der Waals surface area contributed by atoms with Crippen molar-refractivity contribution in [1.82, 2.24) is 0 Å². The van der Waals surface area contributed by atoms with Crippen molar-refractivity contribution in [2.24, 2.45) is 0 Å². The number of rotatable bonds is 7. The first-order valence-electron chi connectivity index (χ1n) is 8.43. The summed E-state index contributed by atoms with van der Waals surface area (Å²) in [6.45, 7) is 3.74. The highest BCUT2D eigenvalue weighted by molar-refractivity contribution is 7.90. The second kappa shape index (κ2) is 8.67. The van der Waals surface area contributed by atoms with Gasteiger partial charge in [-0.1, -0.05) is 49.7 Å². The van der Waals surface area contributed by atoms with Gasteiger partial charge in [0.2, 0.25) is 0 Å². The molecule has 144 valence electrons. The predicted molar refractivity (Wildman–Crippen MR) is 104 cm³/mol. The van der Waals surface area contributed by atoms with Gasteiger partial charge in [0.25, 0.3) is 0 Å². The largest absolute Gasteiger partial charge is 0.454 e. The highest BCUT2D eigenvalue weighted by atomic mass is 35.5. The summed E-state index contributed by atoms with van der Waals surface area (Å²) < 4.78 is 28.3. The fourth-order valence-electron chi connectivity index (χ4n) is 2.42. The van der Waals surface area contributed by atoms with E-state index in [0.29, 0.717) is 11.5 Å². The average Bonchev–Trinajstić information content (AvgIpc) is 2.64. The molecule has 2 aromatic carbocycles. The number of carbonyl (C=O) groups is 2. The van der Waals surface area contributed by atoms with Crippen LogP contribution in [0.25, 0.3) is 0 Å². The molecule has 0 heterocycles. The zero-order valence-corrected chi connectivity index (χ0v) is 16.9. The minimum Gasteiger partial charge on any atom is -0.454 e. The number of hydrogen-bond acceptors (Lipinski definition) is 5. The van der Waals surface area contributed by atoms with Crippen molar-refractivity contribution in [2.75, 3.05) is 12.9 Å². The van der Waals surface area contributed by atoms with Gasteiger partial charge in [0.15, 0.2) is 22.2 Å². The lowest BCUT2D eigenvalue weighted by molar-refractivity contribution is 0.0474. The second-order valence-electron chi connectivity index (χ2n) is 6.34. The minimum atomic E-state index is -3.50. The van der Waals surface area contributed by atoms with Crippen molar-refractivity contribution in [3.8, 4) is 0 Å². The quantitative estimate of drug-likeness (QED) is 0.504. The molecule has 0 N–H and O–H groups in total. The lowest BCUT2D eigenvalue weighted by Crippen LogP contribution is -2.15. The van der Waals surface area contributed by atoms with Crippen molar-refractivity contribution in [3.63, 3.8) is 0 Å². The summed E-state index contributed by atoms with van der Waals surface area (Å²) >= 11 is 5.95. The molecular weight excluding hydrogens is 388 g/mol. The fourth-order valence-corrected chi connectivity index (χ4v) is 3.26. The van der Waals surface area contributed by atoms with Crippen molar-refractivity contribution < 1.29 is 22.7 Å². The van der Waals surface area contributed by atoms with Gasteiger partial charge in [-0.2, -0.15) is 0 Å². The molecule has 0 radical (unpaired) electrons. The molecule has 0 bridgehead atoms. The molecule has 0 aliphatic carbocycles. The molecule has 5 nitrogen and oxygen atoms in total. The third kappa shape index (κ3) is 5.40. The molecule has 0 aliphatic rings. The molecule has 0 saturated heterocycles. The van der Waals surface area contributed by atoms with Gasteiger partial charge in [-0.3, -0.25) is 4.79 Å². The van der Waals surface area contributed by atoms with Gasteiger partial charge in [-0.25, -0.2) is 13.2 Å². The van der Waals surface area contributed by atoms with Gasteiger partial charge in [-0.05, 0) is 36.1 Å². The molecule has 27 heavy (non-hydrogen) atoms. The Bertz CT molecular complexity index is 949. The smallest absolute Gasteiger partial charge is 0.340 e. The highest BCUT2D eigenvalue weighted by Crippen LogP contribution is 2.22. The molecule has 0 spiro atoms. The van der Waals surface area contributed by atoms with E-state index in [1.54, 1.807) is 12.1 Å². The van der Waals surface area contributed by atoms with Crippen LogP contribution in [0.3, 0.4) is 0 Å². The van der Waals surface area contributed by atoms with Crippen molar-refractivity contribution in [1.29, 1.82) is 0 Å². The first kappa shape index (κ1) is 21.1. The van der Waals surface area contributed by atoms with E-state index in [1.807, 2.05) is 12.1 Å². The van der Waals surface area contributed by atoms with Crippen LogP contribution in [0.5, 0.6) is 0 Å². The average molecular weight is 409 g/mol. The number of halogens is 1. The number of hydrogen-bond donors (Lipinski definition) is 0. The predicted octanol–water partition coefficient (Wildman–Crippen LogP) is 4.30. The minimum absolute atomic E-state index is 0.0502. The Balaban J connectivity index is 2.08. The van der Waals surface area contributed by atoms with Crippen LogP contribution in [0.4, 0.5) is 0 Å². The van der Waals surface area contributed by atoms with Gasteiger partial charge in [0.1, 0.15) is 0 Å². The van der Waals surface area contributed by atoms with Crippen LogP contribution in [0.15, 0.2) is 47.4 Å². The van der Waals surface area contributed by atoms with Gasteiger partial charge in [0.05, 0.1) is 15.5 Å². The maximum absolute atomic E-state index is 12.2. The summed E-state index contributed by atoms with van der Waals surface area (Å²) in [4.78, 5) is 24.4. The monoisotopic (exact) mass is 408 g/mol. The lowest BCUT2D eigenvalue weighted by atomic mass is 9.97. The Morgan fingerprint density at radius 3 is 2.30 bits per heavy atom. The molecule has 1 atom stereocenters. The van der Waals surface area contributed by atoms with Crippen LogP contribution in [0, 0.1) is 0 Å². The van der Waals surface area contributed by atoms with Crippen molar-refractivity contribution in [3.05, 3.63) is 64.2 Å². The first-order chi connectivity index (χ1) is 12.6. The fraction of sp³-hybridized carbons (Fsp3) is 0.300. The summed E-state index contributed by atoms with van der Waals surface area (Å²) in [7, 11) is -3.50. The van der Waals surface area contributed by atoms with Crippen molar-refractivity contribution >= 4 is 33.2 Å². The summed E-state index contributed by atoms with van der Waals surface area (Å²) in [5.74, 6) is -0.805. The van der Waals surface area contributed by atoms with Crippen molar-refractivity contribution in [2.45, 2.75) is 31.1 Å². The van der Waals surface area contributed by atoms with Gasteiger partial charge in [0, 0.05) is 11.8 Å². The van der Waals surface area contributed by atoms with E-state index in [-0.39, 0.29) is 21.3 Å². The number of ketones is 1. The highest BCUT2D eigenvalue weighted by Gasteiger charge is 2.18. The van der Waals surface area contributed by atoms with E-state index in [9.17, 15) is 18.0 Å². The topological polar surface area (TPSA) is 77.5 Å². The van der Waals surface area contributed by atoms with Gasteiger partial charge >= 0.3 is 5.97 Å². The molecule has 0 saturated carbocycles. The van der Waals surface area contributed by atoms with Crippen LogP contribution in [0.1, 0.15) is 52.5 Å². The van der Waals surface area contributed by atoms with E-state index in [0.717, 1.165) is 24.3 Å². The molecule has 2 rings (SSSR count). The Morgan fingerprint density at radius 1 is 1.11 bits per heavy atom.